The molecule has 116 valence electrons. The fourth-order valence-corrected chi connectivity index (χ4v) is 3.55. The van der Waals surface area contributed by atoms with E-state index in [2.05, 4.69) is 26.2 Å². The lowest BCUT2D eigenvalue weighted by Gasteiger charge is -2.15. The molecule has 1 aromatic heterocycles. The van der Waals surface area contributed by atoms with Gasteiger partial charge in [0.1, 0.15) is 5.82 Å². The first-order chi connectivity index (χ1) is 10.6. The second-order valence-corrected chi connectivity index (χ2v) is 6.74. The molecule has 3 rings (SSSR count). The highest BCUT2D eigenvalue weighted by molar-refractivity contribution is 9.10. The van der Waals surface area contributed by atoms with Crippen LogP contribution in [-0.4, -0.2) is 35.4 Å². The van der Waals surface area contributed by atoms with Gasteiger partial charge in [-0.25, -0.2) is 4.98 Å². The van der Waals surface area contributed by atoms with Crippen molar-refractivity contribution in [2.75, 3.05) is 25.0 Å². The number of anilines is 1. The van der Waals surface area contributed by atoms with Crippen molar-refractivity contribution in [3.63, 3.8) is 0 Å². The molecule has 1 N–H and O–H groups in total. The minimum atomic E-state index is 0.216. The lowest BCUT2D eigenvalue weighted by atomic mass is 10.2. The molecular formula is C16H17BrClN3O. The Hall–Kier alpha value is -1.33. The van der Waals surface area contributed by atoms with Crippen LogP contribution in [0.2, 0.25) is 5.02 Å². The van der Waals surface area contributed by atoms with Crippen molar-refractivity contribution >= 4 is 50.2 Å². The van der Waals surface area contributed by atoms with Gasteiger partial charge in [-0.1, -0.05) is 27.5 Å². The van der Waals surface area contributed by atoms with Crippen molar-refractivity contribution < 1.29 is 4.79 Å². The molecule has 2 aromatic rings. The first-order valence-corrected chi connectivity index (χ1v) is 8.58. The maximum atomic E-state index is 12.0. The zero-order valence-electron chi connectivity index (χ0n) is 12.1. The van der Waals surface area contributed by atoms with Gasteiger partial charge in [0.25, 0.3) is 0 Å². The number of hydrogen-bond acceptors (Lipinski definition) is 3. The Bertz CT molecular complexity index is 701. The molecule has 22 heavy (non-hydrogen) atoms. The van der Waals surface area contributed by atoms with Crippen LogP contribution in [-0.2, 0) is 4.79 Å². The van der Waals surface area contributed by atoms with E-state index in [0.29, 0.717) is 18.0 Å². The quantitative estimate of drug-likeness (QED) is 0.867. The summed E-state index contributed by atoms with van der Waals surface area (Å²) in [4.78, 5) is 18.4. The fourth-order valence-electron chi connectivity index (χ4n) is 2.68. The Balaban J connectivity index is 1.63. The van der Waals surface area contributed by atoms with Crippen LogP contribution in [0.25, 0.3) is 10.9 Å². The molecule has 4 nitrogen and oxygen atoms in total. The number of aromatic nitrogens is 1. The van der Waals surface area contributed by atoms with E-state index in [9.17, 15) is 4.79 Å². The van der Waals surface area contributed by atoms with Crippen LogP contribution in [0.3, 0.4) is 0 Å². The number of pyridine rings is 1. The second kappa shape index (κ2) is 6.84. The molecular weight excluding hydrogens is 366 g/mol. The molecule has 0 spiro atoms. The minimum Gasteiger partial charge on any atom is -0.370 e. The molecule has 1 aliphatic heterocycles. The summed E-state index contributed by atoms with van der Waals surface area (Å²) in [6.07, 6.45) is 2.74. The molecule has 1 saturated heterocycles. The van der Waals surface area contributed by atoms with Crippen LogP contribution < -0.4 is 5.32 Å². The summed E-state index contributed by atoms with van der Waals surface area (Å²) in [5, 5.41) is 4.80. The monoisotopic (exact) mass is 381 g/mol. The molecule has 0 aliphatic carbocycles. The summed E-state index contributed by atoms with van der Waals surface area (Å²) in [6, 6.07) is 7.70. The van der Waals surface area contributed by atoms with Gasteiger partial charge in [-0.3, -0.25) is 4.79 Å². The third-order valence-corrected chi connectivity index (χ3v) is 4.56. The summed E-state index contributed by atoms with van der Waals surface area (Å²) >= 11 is 9.65. The van der Waals surface area contributed by atoms with E-state index in [1.165, 1.54) is 0 Å². The SMILES string of the molecule is O=C(CCNc1ccc2cc(Br)cc(Cl)c2n1)N1CCCC1. The third kappa shape index (κ3) is 3.52. The van der Waals surface area contributed by atoms with Gasteiger partial charge in [0.2, 0.25) is 5.91 Å². The average molecular weight is 383 g/mol. The summed E-state index contributed by atoms with van der Waals surface area (Å²) < 4.78 is 0.934. The first-order valence-electron chi connectivity index (χ1n) is 7.41. The van der Waals surface area contributed by atoms with Crippen molar-refractivity contribution in [2.45, 2.75) is 19.3 Å². The number of hydrogen-bond donors (Lipinski definition) is 1. The predicted molar refractivity (Wildman–Crippen MR) is 93.4 cm³/mol. The lowest BCUT2D eigenvalue weighted by molar-refractivity contribution is -0.129. The van der Waals surface area contributed by atoms with E-state index in [4.69, 9.17) is 11.6 Å². The molecule has 1 aromatic carbocycles. The first kappa shape index (κ1) is 15.6. The van der Waals surface area contributed by atoms with Crippen molar-refractivity contribution in [3.8, 4) is 0 Å². The average Bonchev–Trinajstić information content (AvgIpc) is 3.02. The van der Waals surface area contributed by atoms with Gasteiger partial charge in [0, 0.05) is 35.9 Å². The summed E-state index contributed by atoms with van der Waals surface area (Å²) in [7, 11) is 0. The third-order valence-electron chi connectivity index (χ3n) is 3.81. The number of nitrogens with zero attached hydrogens (tertiary/aromatic N) is 2. The van der Waals surface area contributed by atoms with Crippen LogP contribution in [0.4, 0.5) is 5.82 Å². The standard InChI is InChI=1S/C16H17BrClN3O/c17-12-9-11-3-4-14(20-16(11)13(18)10-12)19-6-5-15(22)21-7-1-2-8-21/h3-4,9-10H,1-2,5-8H2,(H,19,20). The Kier molecular flexibility index (Phi) is 4.84. The van der Waals surface area contributed by atoms with E-state index in [0.717, 1.165) is 47.1 Å². The van der Waals surface area contributed by atoms with Crippen molar-refractivity contribution in [1.29, 1.82) is 0 Å². The number of rotatable bonds is 4. The topological polar surface area (TPSA) is 45.2 Å². The van der Waals surface area contributed by atoms with Gasteiger partial charge in [0.05, 0.1) is 10.5 Å². The number of benzene rings is 1. The normalized spacial score (nSPS) is 14.5. The Labute approximate surface area is 143 Å². The summed E-state index contributed by atoms with van der Waals surface area (Å²) in [5.41, 5.74) is 0.765. The second-order valence-electron chi connectivity index (χ2n) is 5.42. The zero-order chi connectivity index (χ0) is 15.5. The molecule has 0 unspecified atom stereocenters. The number of carbonyl (C=O) groups excluding carboxylic acids is 1. The molecule has 1 aliphatic rings. The molecule has 1 amide bonds. The Morgan fingerprint density at radius 3 is 2.86 bits per heavy atom. The highest BCUT2D eigenvalue weighted by atomic mass is 79.9. The number of halogens is 2. The predicted octanol–water partition coefficient (Wildman–Crippen LogP) is 4.08. The zero-order valence-corrected chi connectivity index (χ0v) is 14.5. The van der Waals surface area contributed by atoms with E-state index < -0.39 is 0 Å². The van der Waals surface area contributed by atoms with E-state index in [-0.39, 0.29) is 5.91 Å². The van der Waals surface area contributed by atoms with Crippen molar-refractivity contribution in [1.82, 2.24) is 9.88 Å². The molecule has 0 atom stereocenters. The van der Waals surface area contributed by atoms with Gasteiger partial charge in [-0.15, -0.1) is 0 Å². The molecule has 0 bridgehead atoms. The van der Waals surface area contributed by atoms with Gasteiger partial charge in [0.15, 0.2) is 0 Å². The Morgan fingerprint density at radius 2 is 2.09 bits per heavy atom. The van der Waals surface area contributed by atoms with Gasteiger partial charge >= 0.3 is 0 Å². The highest BCUT2D eigenvalue weighted by Crippen LogP contribution is 2.27. The minimum absolute atomic E-state index is 0.216. The van der Waals surface area contributed by atoms with Crippen LogP contribution >= 0.6 is 27.5 Å². The number of nitrogens with one attached hydrogen (secondary N) is 1. The largest absolute Gasteiger partial charge is 0.370 e. The number of fused-ring (bicyclic) bond motifs is 1. The smallest absolute Gasteiger partial charge is 0.224 e. The maximum absolute atomic E-state index is 12.0. The molecule has 0 radical (unpaired) electrons. The summed E-state index contributed by atoms with van der Waals surface area (Å²) in [5.74, 6) is 0.957. The molecule has 1 fully saturated rings. The van der Waals surface area contributed by atoms with E-state index in [1.807, 2.05) is 29.2 Å². The highest BCUT2D eigenvalue weighted by Gasteiger charge is 2.17. The van der Waals surface area contributed by atoms with Crippen LogP contribution in [0.1, 0.15) is 19.3 Å². The lowest BCUT2D eigenvalue weighted by Crippen LogP contribution is -2.29. The van der Waals surface area contributed by atoms with Crippen LogP contribution in [0.15, 0.2) is 28.7 Å². The van der Waals surface area contributed by atoms with Crippen LogP contribution in [0.5, 0.6) is 0 Å². The van der Waals surface area contributed by atoms with Crippen LogP contribution in [0, 0.1) is 0 Å². The van der Waals surface area contributed by atoms with Crippen molar-refractivity contribution in [3.05, 3.63) is 33.8 Å². The number of carbonyl (C=O) groups is 1. The maximum Gasteiger partial charge on any atom is 0.224 e. The fraction of sp³-hybridized carbons (Fsp3) is 0.375. The van der Waals surface area contributed by atoms with E-state index in [1.54, 1.807) is 0 Å². The molecule has 0 saturated carbocycles. The summed E-state index contributed by atoms with van der Waals surface area (Å²) in [6.45, 7) is 2.39. The van der Waals surface area contributed by atoms with Gasteiger partial charge in [-0.05, 0) is 37.1 Å². The van der Waals surface area contributed by atoms with E-state index >= 15 is 0 Å². The van der Waals surface area contributed by atoms with Gasteiger partial charge < -0.3 is 10.2 Å². The molecule has 2 heterocycles. The number of likely N-dealkylation sites (tertiary alicyclic amines) is 1. The van der Waals surface area contributed by atoms with Crippen molar-refractivity contribution in [2.24, 2.45) is 0 Å². The molecule has 6 heteroatoms. The Morgan fingerprint density at radius 1 is 1.32 bits per heavy atom. The number of amides is 1. The van der Waals surface area contributed by atoms with Gasteiger partial charge in [-0.2, -0.15) is 0 Å².